The van der Waals surface area contributed by atoms with E-state index in [0.717, 1.165) is 50.2 Å². The molecule has 7 rings (SSSR count). The molecule has 6 fully saturated rings. The Morgan fingerprint density at radius 1 is 1.00 bits per heavy atom. The highest BCUT2D eigenvalue weighted by molar-refractivity contribution is 5.92. The standard InChI is InChI=1S/C29H41N3O2.C2HF3O2/c1-19(33)31(18-29-15-20-9-21(16-29)11-22(10-20)17-29)7-8-32-26-5-6-27(32)14-25(13-26)23-3-2-4-24(12-23)28(30)34;3-2(4,5)1(6)7/h2-4,12,20-22,25-27H,5-11,13-18H2,1H3,(H2,30,34);(H,6,7). The second-order valence-electron chi connectivity index (χ2n) is 13.4. The molecule has 2 amide bonds. The van der Waals surface area contributed by atoms with E-state index in [2.05, 4.69) is 15.9 Å². The van der Waals surface area contributed by atoms with Gasteiger partial charge in [0.05, 0.1) is 0 Å². The average molecular weight is 578 g/mol. The molecule has 10 heteroatoms. The number of hydrogen-bond donors (Lipinski definition) is 2. The van der Waals surface area contributed by atoms with Crippen LogP contribution >= 0.6 is 0 Å². The zero-order valence-corrected chi connectivity index (χ0v) is 23.7. The van der Waals surface area contributed by atoms with E-state index in [-0.39, 0.29) is 11.8 Å². The highest BCUT2D eigenvalue weighted by atomic mass is 19.4. The van der Waals surface area contributed by atoms with Crippen molar-refractivity contribution in [2.75, 3.05) is 19.6 Å². The molecule has 1 aromatic rings. The van der Waals surface area contributed by atoms with E-state index in [4.69, 9.17) is 15.6 Å². The van der Waals surface area contributed by atoms with Crippen LogP contribution in [-0.2, 0) is 9.59 Å². The Balaban J connectivity index is 0.000000431. The van der Waals surface area contributed by atoms with Crippen LogP contribution < -0.4 is 5.73 Å². The predicted octanol–water partition coefficient (Wildman–Crippen LogP) is 5.19. The van der Waals surface area contributed by atoms with Gasteiger partial charge in [-0.1, -0.05) is 12.1 Å². The molecular weight excluding hydrogens is 535 g/mol. The average Bonchev–Trinajstić information content (AvgIpc) is 3.11. The zero-order valence-electron chi connectivity index (χ0n) is 23.7. The van der Waals surface area contributed by atoms with Crippen LogP contribution in [0, 0.1) is 23.2 Å². The first-order valence-corrected chi connectivity index (χ1v) is 15.0. The molecule has 7 nitrogen and oxygen atoms in total. The molecule has 4 saturated carbocycles. The first kappa shape index (κ1) is 29.9. The number of fused-ring (bicyclic) bond motifs is 2. The summed E-state index contributed by atoms with van der Waals surface area (Å²) in [5.74, 6) is 0.470. The van der Waals surface area contributed by atoms with Crippen molar-refractivity contribution in [2.45, 2.75) is 95.3 Å². The van der Waals surface area contributed by atoms with Gasteiger partial charge < -0.3 is 15.7 Å². The molecule has 41 heavy (non-hydrogen) atoms. The minimum absolute atomic E-state index is 0.265. The fraction of sp³-hybridized carbons (Fsp3) is 0.710. The molecule has 6 aliphatic rings. The Bertz CT molecular complexity index is 1110. The maximum absolute atomic E-state index is 12.7. The highest BCUT2D eigenvalue weighted by Gasteiger charge is 2.51. The SMILES string of the molecule is CC(=O)N(CCN1C2CCC1CC(c1cccc(C(N)=O)c1)C2)CC12CC3CC(CC(C3)C1)C2.O=C(O)C(F)(F)F. The number of carbonyl (C=O) groups is 3. The van der Waals surface area contributed by atoms with Gasteiger partial charge in [-0.15, -0.1) is 0 Å². The van der Waals surface area contributed by atoms with Crippen molar-refractivity contribution in [3.05, 3.63) is 35.4 Å². The van der Waals surface area contributed by atoms with Gasteiger partial charge in [0.1, 0.15) is 0 Å². The lowest BCUT2D eigenvalue weighted by molar-refractivity contribution is -0.192. The quantitative estimate of drug-likeness (QED) is 0.464. The minimum Gasteiger partial charge on any atom is -0.475 e. The van der Waals surface area contributed by atoms with Crippen molar-refractivity contribution in [1.29, 1.82) is 0 Å². The van der Waals surface area contributed by atoms with Gasteiger partial charge in [0.25, 0.3) is 0 Å². The van der Waals surface area contributed by atoms with Gasteiger partial charge in [0.2, 0.25) is 11.8 Å². The third kappa shape index (κ3) is 6.73. The van der Waals surface area contributed by atoms with Crippen LogP contribution in [0.4, 0.5) is 13.2 Å². The van der Waals surface area contributed by atoms with Gasteiger partial charge in [-0.2, -0.15) is 13.2 Å². The van der Waals surface area contributed by atoms with Crippen molar-refractivity contribution >= 4 is 17.8 Å². The number of amides is 2. The lowest BCUT2D eigenvalue weighted by atomic mass is 9.49. The molecule has 1 aromatic carbocycles. The van der Waals surface area contributed by atoms with E-state index in [9.17, 15) is 22.8 Å². The summed E-state index contributed by atoms with van der Waals surface area (Å²) >= 11 is 0. The summed E-state index contributed by atoms with van der Waals surface area (Å²) in [6.07, 6.45) is 8.19. The number of carboxylic acids is 1. The molecule has 0 radical (unpaired) electrons. The minimum atomic E-state index is -5.08. The number of carbonyl (C=O) groups excluding carboxylic acids is 2. The molecule has 0 spiro atoms. The van der Waals surface area contributed by atoms with E-state index < -0.39 is 12.1 Å². The lowest BCUT2D eigenvalue weighted by Gasteiger charge is -2.58. The van der Waals surface area contributed by atoms with Crippen molar-refractivity contribution in [3.8, 4) is 0 Å². The number of alkyl halides is 3. The Hall–Kier alpha value is -2.62. The van der Waals surface area contributed by atoms with Crippen molar-refractivity contribution in [1.82, 2.24) is 9.80 Å². The molecule has 2 heterocycles. The number of aliphatic carboxylic acids is 1. The summed E-state index contributed by atoms with van der Waals surface area (Å²) in [5.41, 5.74) is 7.82. The third-order valence-electron chi connectivity index (χ3n) is 10.5. The van der Waals surface area contributed by atoms with Crippen molar-refractivity contribution in [3.63, 3.8) is 0 Å². The molecule has 2 atom stereocenters. The number of halogens is 3. The Labute approximate surface area is 239 Å². The summed E-state index contributed by atoms with van der Waals surface area (Å²) < 4.78 is 31.7. The maximum atomic E-state index is 12.7. The van der Waals surface area contributed by atoms with Gasteiger partial charge in [0, 0.05) is 44.2 Å². The van der Waals surface area contributed by atoms with Gasteiger partial charge in [-0.3, -0.25) is 14.5 Å². The first-order chi connectivity index (χ1) is 19.3. The van der Waals surface area contributed by atoms with Crippen LogP contribution in [0.2, 0.25) is 0 Å². The van der Waals surface area contributed by atoms with Gasteiger partial charge in [-0.25, -0.2) is 4.79 Å². The van der Waals surface area contributed by atoms with Crippen LogP contribution in [0.3, 0.4) is 0 Å². The summed E-state index contributed by atoms with van der Waals surface area (Å²) in [4.78, 5) is 38.2. The molecule has 3 N–H and O–H groups in total. The first-order valence-electron chi connectivity index (χ1n) is 15.0. The van der Waals surface area contributed by atoms with Crippen LogP contribution in [0.1, 0.15) is 93.0 Å². The molecule has 0 aromatic heterocycles. The number of nitrogens with zero attached hydrogens (tertiary/aromatic N) is 2. The van der Waals surface area contributed by atoms with Gasteiger partial charge in [0.15, 0.2) is 0 Å². The normalized spacial score (nSPS) is 33.7. The number of hydrogen-bond acceptors (Lipinski definition) is 4. The molecule has 2 unspecified atom stereocenters. The Kier molecular flexibility index (Phi) is 8.43. The zero-order chi connectivity index (χ0) is 29.5. The molecule has 226 valence electrons. The van der Waals surface area contributed by atoms with Crippen LogP contribution in [0.5, 0.6) is 0 Å². The van der Waals surface area contributed by atoms with Crippen LogP contribution in [0.25, 0.3) is 0 Å². The largest absolute Gasteiger partial charge is 0.490 e. The van der Waals surface area contributed by atoms with Crippen molar-refractivity contribution < 1.29 is 32.7 Å². The molecular formula is C31H42F3N3O4. The lowest BCUT2D eigenvalue weighted by Crippen LogP contribution is -2.53. The second-order valence-corrected chi connectivity index (χ2v) is 13.4. The number of carboxylic acid groups (broad SMARTS) is 1. The Morgan fingerprint density at radius 2 is 1.54 bits per heavy atom. The van der Waals surface area contributed by atoms with E-state index in [1.807, 2.05) is 18.2 Å². The summed E-state index contributed by atoms with van der Waals surface area (Å²) in [5, 5.41) is 7.12. The van der Waals surface area contributed by atoms with Gasteiger partial charge >= 0.3 is 12.1 Å². The number of primary amides is 1. The molecule has 2 saturated heterocycles. The number of nitrogens with two attached hydrogens (primary N) is 1. The van der Waals surface area contributed by atoms with Crippen molar-refractivity contribution in [2.24, 2.45) is 28.9 Å². The fourth-order valence-electron chi connectivity index (χ4n) is 9.33. The summed E-state index contributed by atoms with van der Waals surface area (Å²) in [7, 11) is 0. The number of rotatable bonds is 7. The van der Waals surface area contributed by atoms with E-state index in [1.54, 1.807) is 6.92 Å². The van der Waals surface area contributed by atoms with E-state index in [1.165, 1.54) is 56.9 Å². The molecule has 2 aliphatic heterocycles. The molecule has 4 aliphatic carbocycles. The van der Waals surface area contributed by atoms with E-state index >= 15 is 0 Å². The van der Waals surface area contributed by atoms with Crippen LogP contribution in [-0.4, -0.2) is 70.6 Å². The summed E-state index contributed by atoms with van der Waals surface area (Å²) in [6, 6.07) is 9.14. The number of piperidine rings is 1. The predicted molar refractivity (Wildman–Crippen MR) is 147 cm³/mol. The Morgan fingerprint density at radius 3 is 2.00 bits per heavy atom. The summed E-state index contributed by atoms with van der Waals surface area (Å²) in [6.45, 7) is 4.67. The maximum Gasteiger partial charge on any atom is 0.490 e. The fourth-order valence-corrected chi connectivity index (χ4v) is 9.33. The third-order valence-corrected chi connectivity index (χ3v) is 10.5. The topological polar surface area (TPSA) is 104 Å². The molecule has 6 bridgehead atoms. The second kappa shape index (κ2) is 11.6. The highest BCUT2D eigenvalue weighted by Crippen LogP contribution is 2.60. The van der Waals surface area contributed by atoms with Crippen LogP contribution in [0.15, 0.2) is 24.3 Å². The van der Waals surface area contributed by atoms with E-state index in [0.29, 0.717) is 29.0 Å². The van der Waals surface area contributed by atoms with Gasteiger partial charge in [-0.05, 0) is 111 Å². The smallest absolute Gasteiger partial charge is 0.475 e. The monoisotopic (exact) mass is 577 g/mol. The number of benzene rings is 1.